The van der Waals surface area contributed by atoms with Crippen LogP contribution in [0.3, 0.4) is 0 Å². The molecule has 2 heterocycles. The number of aromatic nitrogens is 3. The second-order valence-corrected chi connectivity index (χ2v) is 7.49. The van der Waals surface area contributed by atoms with Crippen molar-refractivity contribution in [2.24, 2.45) is 0 Å². The van der Waals surface area contributed by atoms with E-state index in [1.54, 1.807) is 11.3 Å². The summed E-state index contributed by atoms with van der Waals surface area (Å²) in [6.45, 7) is 8.08. The molecule has 0 fully saturated rings. The van der Waals surface area contributed by atoms with Crippen LogP contribution in [0.25, 0.3) is 11.0 Å². The molecule has 0 spiro atoms. The van der Waals surface area contributed by atoms with Crippen LogP contribution < -0.4 is 5.32 Å². The Bertz CT molecular complexity index is 900. The van der Waals surface area contributed by atoms with Crippen molar-refractivity contribution in [3.63, 3.8) is 0 Å². The predicted molar refractivity (Wildman–Crippen MR) is 105 cm³/mol. The number of hydrogen-bond acceptors (Lipinski definition) is 5. The molecule has 1 aromatic carbocycles. The number of rotatable bonds is 8. The number of hydrogen-bond donors (Lipinski definition) is 1. The van der Waals surface area contributed by atoms with Crippen molar-refractivity contribution in [2.45, 2.75) is 40.2 Å². The Balaban J connectivity index is 1.77. The fraction of sp³-hybridized carbons (Fsp3) is 0.421. The summed E-state index contributed by atoms with van der Waals surface area (Å²) in [6.07, 6.45) is 1.12. The van der Waals surface area contributed by atoms with Gasteiger partial charge in [0, 0.05) is 24.6 Å². The highest BCUT2D eigenvalue weighted by molar-refractivity contribution is 7.11. The Kier molecular flexibility index (Phi) is 6.00. The summed E-state index contributed by atoms with van der Waals surface area (Å²) >= 11 is 1.61. The number of anilines is 1. The van der Waals surface area contributed by atoms with Gasteiger partial charge in [-0.25, -0.2) is 9.97 Å². The van der Waals surface area contributed by atoms with Crippen LogP contribution in [-0.2, 0) is 22.5 Å². The molecule has 0 saturated heterocycles. The van der Waals surface area contributed by atoms with Gasteiger partial charge in [0.2, 0.25) is 11.9 Å². The lowest BCUT2D eigenvalue weighted by Gasteiger charge is -2.10. The molecule has 26 heavy (non-hydrogen) atoms. The van der Waals surface area contributed by atoms with Gasteiger partial charge in [0.15, 0.2) is 0 Å². The number of carbonyl (C=O) groups excluding carboxylic acids is 1. The summed E-state index contributed by atoms with van der Waals surface area (Å²) in [7, 11) is 0. The molecule has 6 nitrogen and oxygen atoms in total. The normalized spacial score (nSPS) is 11.2. The SMILES string of the molecule is CCOCCCn1c(NC(=O)Cc2nc(C)sc2C)nc2ccccc21. The van der Waals surface area contributed by atoms with E-state index in [2.05, 4.69) is 15.3 Å². The second-order valence-electron chi connectivity index (χ2n) is 6.09. The summed E-state index contributed by atoms with van der Waals surface area (Å²) in [5.41, 5.74) is 2.73. The zero-order valence-electron chi connectivity index (χ0n) is 15.4. The number of thiazole rings is 1. The van der Waals surface area contributed by atoms with Gasteiger partial charge in [-0.15, -0.1) is 11.3 Å². The maximum Gasteiger partial charge on any atom is 0.232 e. The average molecular weight is 372 g/mol. The third-order valence-corrected chi connectivity index (χ3v) is 5.04. The maximum absolute atomic E-state index is 12.5. The van der Waals surface area contributed by atoms with Crippen LogP contribution in [0.4, 0.5) is 5.95 Å². The van der Waals surface area contributed by atoms with Gasteiger partial charge in [0.1, 0.15) is 0 Å². The Morgan fingerprint density at radius 2 is 2.08 bits per heavy atom. The largest absolute Gasteiger partial charge is 0.382 e. The number of nitrogens with zero attached hydrogens (tertiary/aromatic N) is 3. The summed E-state index contributed by atoms with van der Waals surface area (Å²) in [5.74, 6) is 0.483. The van der Waals surface area contributed by atoms with Crippen molar-refractivity contribution in [3.05, 3.63) is 39.8 Å². The van der Waals surface area contributed by atoms with Crippen molar-refractivity contribution in [1.82, 2.24) is 14.5 Å². The highest BCUT2D eigenvalue weighted by Gasteiger charge is 2.15. The highest BCUT2D eigenvalue weighted by atomic mass is 32.1. The van der Waals surface area contributed by atoms with Crippen molar-refractivity contribution in [1.29, 1.82) is 0 Å². The van der Waals surface area contributed by atoms with Crippen LogP contribution >= 0.6 is 11.3 Å². The lowest BCUT2D eigenvalue weighted by atomic mass is 10.3. The van der Waals surface area contributed by atoms with E-state index in [1.165, 1.54) is 0 Å². The average Bonchev–Trinajstić information content (AvgIpc) is 3.11. The lowest BCUT2D eigenvalue weighted by molar-refractivity contribution is -0.115. The number of fused-ring (bicyclic) bond motifs is 1. The number of benzene rings is 1. The van der Waals surface area contributed by atoms with Crippen LogP contribution in [0.5, 0.6) is 0 Å². The van der Waals surface area contributed by atoms with Crippen molar-refractivity contribution in [2.75, 3.05) is 18.5 Å². The van der Waals surface area contributed by atoms with E-state index >= 15 is 0 Å². The summed E-state index contributed by atoms with van der Waals surface area (Å²) in [4.78, 5) is 22.6. The molecular weight excluding hydrogens is 348 g/mol. The lowest BCUT2D eigenvalue weighted by Crippen LogP contribution is -2.19. The van der Waals surface area contributed by atoms with E-state index in [-0.39, 0.29) is 12.3 Å². The minimum absolute atomic E-state index is 0.0974. The molecule has 0 aliphatic rings. The Morgan fingerprint density at radius 1 is 1.27 bits per heavy atom. The molecule has 0 atom stereocenters. The first-order valence-corrected chi connectivity index (χ1v) is 9.66. The highest BCUT2D eigenvalue weighted by Crippen LogP contribution is 2.21. The number of ether oxygens (including phenoxy) is 1. The van der Waals surface area contributed by atoms with Gasteiger partial charge >= 0.3 is 0 Å². The Hall–Kier alpha value is -2.25. The first-order valence-electron chi connectivity index (χ1n) is 8.84. The van der Waals surface area contributed by atoms with Gasteiger partial charge in [-0.3, -0.25) is 10.1 Å². The molecule has 0 saturated carbocycles. The predicted octanol–water partition coefficient (Wildman–Crippen LogP) is 3.72. The number of nitrogens with one attached hydrogen (secondary N) is 1. The standard InChI is InChI=1S/C19H24N4O2S/c1-4-25-11-7-10-23-17-9-6-5-8-15(17)21-19(23)22-18(24)12-16-13(2)26-14(3)20-16/h5-6,8-9H,4,7,10-12H2,1-3H3,(H,21,22,24). The van der Waals surface area contributed by atoms with Gasteiger partial charge in [0.05, 0.1) is 28.2 Å². The molecule has 0 radical (unpaired) electrons. The second kappa shape index (κ2) is 8.42. The van der Waals surface area contributed by atoms with Crippen LogP contribution in [0.2, 0.25) is 0 Å². The summed E-state index contributed by atoms with van der Waals surface area (Å²) < 4.78 is 7.48. The van der Waals surface area contributed by atoms with E-state index in [0.29, 0.717) is 19.2 Å². The summed E-state index contributed by atoms with van der Waals surface area (Å²) in [5, 5.41) is 3.94. The molecule has 0 aliphatic heterocycles. The van der Waals surface area contributed by atoms with E-state index in [0.717, 1.165) is 39.6 Å². The van der Waals surface area contributed by atoms with E-state index < -0.39 is 0 Å². The van der Waals surface area contributed by atoms with Crippen molar-refractivity contribution >= 4 is 34.2 Å². The van der Waals surface area contributed by atoms with Gasteiger partial charge in [-0.1, -0.05) is 12.1 Å². The third kappa shape index (κ3) is 4.28. The maximum atomic E-state index is 12.5. The summed E-state index contributed by atoms with van der Waals surface area (Å²) in [6, 6.07) is 7.91. The zero-order chi connectivity index (χ0) is 18.5. The van der Waals surface area contributed by atoms with Crippen LogP contribution in [0.15, 0.2) is 24.3 Å². The third-order valence-electron chi connectivity index (χ3n) is 4.11. The quantitative estimate of drug-likeness (QED) is 0.612. The molecule has 1 N–H and O–H groups in total. The van der Waals surface area contributed by atoms with Gasteiger partial charge in [-0.05, 0) is 39.3 Å². The smallest absolute Gasteiger partial charge is 0.232 e. The van der Waals surface area contributed by atoms with Gasteiger partial charge < -0.3 is 9.30 Å². The topological polar surface area (TPSA) is 69.0 Å². The van der Waals surface area contributed by atoms with E-state index in [1.807, 2.05) is 49.6 Å². The Morgan fingerprint density at radius 3 is 2.81 bits per heavy atom. The molecule has 3 rings (SSSR count). The molecule has 7 heteroatoms. The fourth-order valence-electron chi connectivity index (χ4n) is 2.92. The van der Waals surface area contributed by atoms with Crippen LogP contribution in [0.1, 0.15) is 28.9 Å². The van der Waals surface area contributed by atoms with E-state index in [4.69, 9.17) is 4.74 Å². The van der Waals surface area contributed by atoms with E-state index in [9.17, 15) is 4.79 Å². The number of amides is 1. The fourth-order valence-corrected chi connectivity index (χ4v) is 3.76. The minimum atomic E-state index is -0.0974. The molecular formula is C19H24N4O2S. The number of carbonyl (C=O) groups is 1. The van der Waals surface area contributed by atoms with Crippen molar-refractivity contribution < 1.29 is 9.53 Å². The number of para-hydroxylation sites is 2. The molecule has 138 valence electrons. The molecule has 2 aromatic heterocycles. The first kappa shape index (κ1) is 18.5. The minimum Gasteiger partial charge on any atom is -0.382 e. The molecule has 0 unspecified atom stereocenters. The zero-order valence-corrected chi connectivity index (χ0v) is 16.2. The number of aryl methyl sites for hydroxylation is 3. The molecule has 0 bridgehead atoms. The molecule has 1 amide bonds. The monoisotopic (exact) mass is 372 g/mol. The Labute approximate surface area is 157 Å². The van der Waals surface area contributed by atoms with Crippen LogP contribution in [-0.4, -0.2) is 33.7 Å². The molecule has 3 aromatic rings. The molecule has 0 aliphatic carbocycles. The number of imidazole rings is 1. The van der Waals surface area contributed by atoms with Gasteiger partial charge in [0.25, 0.3) is 0 Å². The van der Waals surface area contributed by atoms with Crippen LogP contribution in [0, 0.1) is 13.8 Å². The van der Waals surface area contributed by atoms with Crippen molar-refractivity contribution in [3.8, 4) is 0 Å². The first-order chi connectivity index (χ1) is 12.6. The van der Waals surface area contributed by atoms with Gasteiger partial charge in [-0.2, -0.15) is 0 Å².